The molecule has 1 aliphatic rings. The van der Waals surface area contributed by atoms with Gasteiger partial charge in [-0.25, -0.2) is 9.79 Å². The molecule has 1 aromatic rings. The van der Waals surface area contributed by atoms with E-state index in [1.165, 1.54) is 0 Å². The van der Waals surface area contributed by atoms with Gasteiger partial charge in [-0.2, -0.15) is 0 Å². The first-order chi connectivity index (χ1) is 10.1. The van der Waals surface area contributed by atoms with E-state index < -0.39 is 5.97 Å². The van der Waals surface area contributed by atoms with Crippen molar-refractivity contribution in [2.75, 3.05) is 12.9 Å². The molecule has 0 fully saturated rings. The Morgan fingerprint density at radius 2 is 2.05 bits per heavy atom. The summed E-state index contributed by atoms with van der Waals surface area (Å²) in [4.78, 5) is 17.2. The van der Waals surface area contributed by atoms with E-state index in [0.29, 0.717) is 11.4 Å². The van der Waals surface area contributed by atoms with E-state index in [4.69, 9.17) is 4.74 Å². The third kappa shape index (κ3) is 3.36. The first kappa shape index (κ1) is 15.4. The van der Waals surface area contributed by atoms with Crippen LogP contribution in [-0.4, -0.2) is 29.7 Å². The van der Waals surface area contributed by atoms with Gasteiger partial charge in [0, 0.05) is 4.90 Å². The van der Waals surface area contributed by atoms with E-state index in [0.717, 1.165) is 10.5 Å². The SMILES string of the molecule is CCOC(=O)C1=C(O)/C(=C\c2ccc(SC)cc2)N=C1C. The maximum atomic E-state index is 11.8. The number of aliphatic hydroxyl groups excluding tert-OH is 1. The number of hydrogen-bond donors (Lipinski definition) is 1. The quantitative estimate of drug-likeness (QED) is 0.682. The molecule has 0 saturated carbocycles. The molecule has 0 spiro atoms. The number of esters is 1. The van der Waals surface area contributed by atoms with Gasteiger partial charge in [-0.05, 0) is 43.9 Å². The Morgan fingerprint density at radius 3 is 2.62 bits per heavy atom. The first-order valence-corrected chi connectivity index (χ1v) is 7.81. The number of thioether (sulfide) groups is 1. The molecule has 0 atom stereocenters. The molecule has 1 aliphatic heterocycles. The topological polar surface area (TPSA) is 58.9 Å². The van der Waals surface area contributed by atoms with Crippen LogP contribution in [0.1, 0.15) is 19.4 Å². The lowest BCUT2D eigenvalue weighted by molar-refractivity contribution is -0.138. The molecule has 0 unspecified atom stereocenters. The number of ether oxygens (including phenoxy) is 1. The van der Waals surface area contributed by atoms with Gasteiger partial charge >= 0.3 is 5.97 Å². The Labute approximate surface area is 128 Å². The van der Waals surface area contributed by atoms with Crippen molar-refractivity contribution in [2.24, 2.45) is 4.99 Å². The summed E-state index contributed by atoms with van der Waals surface area (Å²) in [5, 5.41) is 10.2. The number of aliphatic hydroxyl groups is 1. The van der Waals surface area contributed by atoms with E-state index in [1.807, 2.05) is 30.5 Å². The zero-order chi connectivity index (χ0) is 15.4. The molecule has 0 amide bonds. The van der Waals surface area contributed by atoms with Crippen LogP contribution < -0.4 is 0 Å². The Hall–Kier alpha value is -2.01. The standard InChI is InChI=1S/C16H17NO3S/c1-4-20-16(19)14-10(2)17-13(15(14)18)9-11-5-7-12(21-3)8-6-11/h5-9,18H,4H2,1-3H3/b13-9+. The number of hydrogen-bond acceptors (Lipinski definition) is 5. The van der Waals surface area contributed by atoms with Crippen molar-refractivity contribution in [3.05, 3.63) is 46.9 Å². The summed E-state index contributed by atoms with van der Waals surface area (Å²) < 4.78 is 4.93. The third-order valence-electron chi connectivity index (χ3n) is 3.03. The van der Waals surface area contributed by atoms with Crippen LogP contribution in [0.3, 0.4) is 0 Å². The van der Waals surface area contributed by atoms with Crippen molar-refractivity contribution in [3.63, 3.8) is 0 Å². The number of carbonyl (C=O) groups is 1. The molecule has 1 aromatic carbocycles. The molecule has 4 nitrogen and oxygen atoms in total. The van der Waals surface area contributed by atoms with Crippen LogP contribution in [0, 0.1) is 0 Å². The highest BCUT2D eigenvalue weighted by Crippen LogP contribution is 2.26. The first-order valence-electron chi connectivity index (χ1n) is 6.59. The van der Waals surface area contributed by atoms with Crippen LogP contribution in [-0.2, 0) is 9.53 Å². The monoisotopic (exact) mass is 303 g/mol. The van der Waals surface area contributed by atoms with Crippen molar-refractivity contribution in [1.82, 2.24) is 0 Å². The highest BCUT2D eigenvalue weighted by molar-refractivity contribution is 7.98. The zero-order valence-corrected chi connectivity index (χ0v) is 13.0. The van der Waals surface area contributed by atoms with E-state index in [2.05, 4.69) is 4.99 Å². The van der Waals surface area contributed by atoms with Crippen LogP contribution >= 0.6 is 11.8 Å². The lowest BCUT2D eigenvalue weighted by Gasteiger charge is -2.03. The van der Waals surface area contributed by atoms with Crippen LogP contribution in [0.5, 0.6) is 0 Å². The second kappa shape index (κ2) is 6.63. The van der Waals surface area contributed by atoms with Crippen molar-refractivity contribution < 1.29 is 14.6 Å². The maximum Gasteiger partial charge on any atom is 0.343 e. The predicted octanol–water partition coefficient (Wildman–Crippen LogP) is 3.60. The lowest BCUT2D eigenvalue weighted by atomic mass is 10.1. The molecule has 110 valence electrons. The second-order valence-corrected chi connectivity index (χ2v) is 5.32. The molecule has 2 rings (SSSR count). The molecule has 0 saturated heterocycles. The minimum atomic E-state index is -0.544. The van der Waals surface area contributed by atoms with Crippen LogP contribution in [0.25, 0.3) is 6.08 Å². The van der Waals surface area contributed by atoms with Gasteiger partial charge in [0.05, 0.1) is 12.3 Å². The molecule has 1 N–H and O–H groups in total. The van der Waals surface area contributed by atoms with Crippen molar-refractivity contribution in [3.8, 4) is 0 Å². The van der Waals surface area contributed by atoms with Crippen LogP contribution in [0.2, 0.25) is 0 Å². The van der Waals surface area contributed by atoms with E-state index >= 15 is 0 Å². The van der Waals surface area contributed by atoms with Gasteiger partial charge in [-0.3, -0.25) is 0 Å². The third-order valence-corrected chi connectivity index (χ3v) is 3.77. The summed E-state index contributed by atoms with van der Waals surface area (Å²) in [5.74, 6) is -0.669. The molecule has 21 heavy (non-hydrogen) atoms. The van der Waals surface area contributed by atoms with Gasteiger partial charge in [-0.15, -0.1) is 11.8 Å². The predicted molar refractivity (Wildman–Crippen MR) is 85.6 cm³/mol. The van der Waals surface area contributed by atoms with Gasteiger partial charge < -0.3 is 9.84 Å². The highest BCUT2D eigenvalue weighted by atomic mass is 32.2. The second-order valence-electron chi connectivity index (χ2n) is 4.44. The smallest absolute Gasteiger partial charge is 0.343 e. The van der Waals surface area contributed by atoms with Crippen LogP contribution in [0.15, 0.2) is 51.2 Å². The van der Waals surface area contributed by atoms with Crippen LogP contribution in [0.4, 0.5) is 0 Å². The Kier molecular flexibility index (Phi) is 4.85. The largest absolute Gasteiger partial charge is 0.505 e. The van der Waals surface area contributed by atoms with Gasteiger partial charge in [0.1, 0.15) is 11.3 Å². The highest BCUT2D eigenvalue weighted by Gasteiger charge is 2.27. The number of carbonyl (C=O) groups excluding carboxylic acids is 1. The van der Waals surface area contributed by atoms with Gasteiger partial charge in [-0.1, -0.05) is 12.1 Å². The normalized spacial score (nSPS) is 16.3. The Balaban J connectivity index is 2.32. The van der Waals surface area contributed by atoms with E-state index in [-0.39, 0.29) is 17.9 Å². The van der Waals surface area contributed by atoms with Gasteiger partial charge in [0.25, 0.3) is 0 Å². The summed E-state index contributed by atoms with van der Waals surface area (Å²) in [6.45, 7) is 3.67. The number of rotatable bonds is 4. The maximum absolute atomic E-state index is 11.8. The van der Waals surface area contributed by atoms with Crippen molar-refractivity contribution in [1.29, 1.82) is 0 Å². The molecule has 0 aliphatic carbocycles. The van der Waals surface area contributed by atoms with E-state index in [9.17, 15) is 9.90 Å². The molecule has 5 heteroatoms. The fourth-order valence-electron chi connectivity index (χ4n) is 2.00. The summed E-state index contributed by atoms with van der Waals surface area (Å²) in [6, 6.07) is 7.88. The number of benzene rings is 1. The Morgan fingerprint density at radius 1 is 1.38 bits per heavy atom. The fourth-order valence-corrected chi connectivity index (χ4v) is 2.40. The zero-order valence-electron chi connectivity index (χ0n) is 12.2. The fraction of sp³-hybridized carbons (Fsp3) is 0.250. The number of nitrogens with zero attached hydrogens (tertiary/aromatic N) is 1. The minimum Gasteiger partial charge on any atom is -0.505 e. The minimum absolute atomic E-state index is 0.125. The van der Waals surface area contributed by atoms with E-state index in [1.54, 1.807) is 31.7 Å². The Bertz CT molecular complexity index is 642. The summed E-state index contributed by atoms with van der Waals surface area (Å²) in [6.07, 6.45) is 3.76. The molecule has 0 bridgehead atoms. The molecule has 0 aromatic heterocycles. The number of aliphatic imine (C=N–C) groups is 1. The molecular formula is C16H17NO3S. The molecule has 1 heterocycles. The van der Waals surface area contributed by atoms with Crippen molar-refractivity contribution in [2.45, 2.75) is 18.7 Å². The average Bonchev–Trinajstić information content (AvgIpc) is 2.74. The molecule has 0 radical (unpaired) electrons. The lowest BCUT2D eigenvalue weighted by Crippen LogP contribution is -2.13. The summed E-state index contributed by atoms with van der Waals surface area (Å²) >= 11 is 1.66. The summed E-state index contributed by atoms with van der Waals surface area (Å²) in [5.41, 5.74) is 1.91. The molecular weight excluding hydrogens is 286 g/mol. The summed E-state index contributed by atoms with van der Waals surface area (Å²) in [7, 11) is 0. The van der Waals surface area contributed by atoms with Gasteiger partial charge in [0.2, 0.25) is 0 Å². The van der Waals surface area contributed by atoms with Gasteiger partial charge in [0.15, 0.2) is 5.76 Å². The average molecular weight is 303 g/mol. The van der Waals surface area contributed by atoms with Crippen molar-refractivity contribution >= 4 is 29.5 Å².